The van der Waals surface area contributed by atoms with Crippen LogP contribution >= 0.6 is 0 Å². The maximum absolute atomic E-state index is 13.0. The number of hydrogen-bond donors (Lipinski definition) is 2. The third-order valence-corrected chi connectivity index (χ3v) is 3.62. The van der Waals surface area contributed by atoms with Crippen LogP contribution in [0.5, 0.6) is 0 Å². The smallest absolute Gasteiger partial charge is 0.263 e. The van der Waals surface area contributed by atoms with Crippen molar-refractivity contribution < 1.29 is 12.8 Å². The zero-order valence-corrected chi connectivity index (χ0v) is 10.4. The van der Waals surface area contributed by atoms with E-state index in [9.17, 15) is 12.8 Å². The number of hydrogen-bond acceptors (Lipinski definition) is 5. The van der Waals surface area contributed by atoms with E-state index in [0.717, 1.165) is 12.1 Å². The molecule has 0 fully saturated rings. The Morgan fingerprint density at radius 1 is 1.32 bits per heavy atom. The van der Waals surface area contributed by atoms with Gasteiger partial charge in [-0.1, -0.05) is 0 Å². The van der Waals surface area contributed by atoms with E-state index in [4.69, 9.17) is 5.53 Å². The summed E-state index contributed by atoms with van der Waals surface area (Å²) in [5, 5.41) is 3.08. The molecule has 0 unspecified atom stereocenters. The molecule has 1 heterocycles. The second kappa shape index (κ2) is 5.11. The normalized spacial score (nSPS) is 11.0. The van der Waals surface area contributed by atoms with Gasteiger partial charge in [-0.15, -0.1) is 0 Å². The number of nitrogens with zero attached hydrogens (tertiary/aromatic N) is 2. The lowest BCUT2D eigenvalue weighted by atomic mass is 10.3. The number of halogens is 1. The van der Waals surface area contributed by atoms with Crippen LogP contribution in [0.2, 0.25) is 0 Å². The molecule has 0 amide bonds. The molecule has 0 aliphatic carbocycles. The van der Waals surface area contributed by atoms with Gasteiger partial charge in [0.25, 0.3) is 10.0 Å². The number of rotatable bonds is 4. The van der Waals surface area contributed by atoms with Crippen LogP contribution in [-0.4, -0.2) is 13.4 Å². The highest BCUT2D eigenvalue weighted by Gasteiger charge is 2.16. The summed E-state index contributed by atoms with van der Waals surface area (Å²) >= 11 is 0. The molecule has 0 aliphatic rings. The molecule has 2 rings (SSSR count). The van der Waals surface area contributed by atoms with Crippen molar-refractivity contribution in [3.8, 4) is 0 Å². The standard InChI is InChI=1S/C11H9FN4O2S/c12-8-3-4-10(11(6-8)15-13)16-19(17,18)9-2-1-5-14-7-9/h1-7,13,16H. The molecule has 0 aliphatic heterocycles. The van der Waals surface area contributed by atoms with Crippen LogP contribution in [0.15, 0.2) is 52.7 Å². The molecule has 0 saturated heterocycles. The summed E-state index contributed by atoms with van der Waals surface area (Å²) in [4.78, 5) is 3.68. The van der Waals surface area contributed by atoms with Crippen LogP contribution < -0.4 is 4.72 Å². The SMILES string of the molecule is N=Nc1cc(F)ccc1NS(=O)(=O)c1cccnc1. The Morgan fingerprint density at radius 2 is 2.11 bits per heavy atom. The Hall–Kier alpha value is -2.35. The van der Waals surface area contributed by atoms with Crippen molar-refractivity contribution in [3.05, 3.63) is 48.5 Å². The van der Waals surface area contributed by atoms with Gasteiger partial charge in [0.2, 0.25) is 0 Å². The molecule has 19 heavy (non-hydrogen) atoms. The van der Waals surface area contributed by atoms with Crippen molar-refractivity contribution in [2.24, 2.45) is 5.11 Å². The first-order valence-corrected chi connectivity index (χ1v) is 6.61. The Bertz CT molecular complexity index is 704. The highest BCUT2D eigenvalue weighted by Crippen LogP contribution is 2.27. The van der Waals surface area contributed by atoms with Gasteiger partial charge in [-0.25, -0.2) is 18.3 Å². The topological polar surface area (TPSA) is 95.3 Å². The van der Waals surface area contributed by atoms with Crippen molar-refractivity contribution in [2.45, 2.75) is 4.90 Å². The number of aromatic nitrogens is 1. The summed E-state index contributed by atoms with van der Waals surface area (Å²) < 4.78 is 39.2. The number of anilines is 1. The molecule has 0 radical (unpaired) electrons. The van der Waals surface area contributed by atoms with Gasteiger partial charge in [0, 0.05) is 18.5 Å². The molecule has 2 N–H and O–H groups in total. The third kappa shape index (κ3) is 2.91. The van der Waals surface area contributed by atoms with E-state index < -0.39 is 15.8 Å². The first-order valence-electron chi connectivity index (χ1n) is 5.13. The van der Waals surface area contributed by atoms with E-state index >= 15 is 0 Å². The van der Waals surface area contributed by atoms with Crippen molar-refractivity contribution in [2.75, 3.05) is 4.72 Å². The van der Waals surface area contributed by atoms with Gasteiger partial charge in [0.05, 0.1) is 5.69 Å². The molecule has 98 valence electrons. The van der Waals surface area contributed by atoms with E-state index in [1.165, 1.54) is 30.6 Å². The highest BCUT2D eigenvalue weighted by molar-refractivity contribution is 7.92. The molecule has 1 aromatic heterocycles. The summed E-state index contributed by atoms with van der Waals surface area (Å²) in [7, 11) is -3.84. The van der Waals surface area contributed by atoms with Gasteiger partial charge < -0.3 is 0 Å². The van der Waals surface area contributed by atoms with Crippen molar-refractivity contribution >= 4 is 21.4 Å². The molecule has 8 heteroatoms. The zero-order chi connectivity index (χ0) is 13.9. The molecule has 0 spiro atoms. The molecule has 1 aromatic carbocycles. The average Bonchev–Trinajstić information content (AvgIpc) is 2.41. The lowest BCUT2D eigenvalue weighted by molar-refractivity contribution is 0.600. The Labute approximate surface area is 108 Å². The number of pyridine rings is 1. The monoisotopic (exact) mass is 280 g/mol. The minimum atomic E-state index is -3.84. The predicted molar refractivity (Wildman–Crippen MR) is 66.3 cm³/mol. The maximum Gasteiger partial charge on any atom is 0.263 e. The van der Waals surface area contributed by atoms with Gasteiger partial charge in [0.15, 0.2) is 0 Å². The second-order valence-corrected chi connectivity index (χ2v) is 5.25. The number of nitrogens with one attached hydrogen (secondary N) is 2. The van der Waals surface area contributed by atoms with Crippen LogP contribution in [0.25, 0.3) is 0 Å². The second-order valence-electron chi connectivity index (χ2n) is 3.57. The zero-order valence-electron chi connectivity index (χ0n) is 9.54. The van der Waals surface area contributed by atoms with Crippen LogP contribution in [0, 0.1) is 11.3 Å². The first-order chi connectivity index (χ1) is 9.03. The van der Waals surface area contributed by atoms with Gasteiger partial charge in [0.1, 0.15) is 16.4 Å². The molecular formula is C11H9FN4O2S. The van der Waals surface area contributed by atoms with E-state index in [-0.39, 0.29) is 16.3 Å². The predicted octanol–water partition coefficient (Wildman–Crippen LogP) is 2.68. The Morgan fingerprint density at radius 3 is 2.74 bits per heavy atom. The van der Waals surface area contributed by atoms with Gasteiger partial charge >= 0.3 is 0 Å². The van der Waals surface area contributed by atoms with Gasteiger partial charge in [-0.3, -0.25) is 9.71 Å². The first kappa shape index (κ1) is 13.1. The third-order valence-electron chi connectivity index (χ3n) is 2.27. The fourth-order valence-corrected chi connectivity index (χ4v) is 2.43. The average molecular weight is 280 g/mol. The van der Waals surface area contributed by atoms with Crippen molar-refractivity contribution in [1.29, 1.82) is 5.53 Å². The minimum Gasteiger partial charge on any atom is -0.277 e. The molecule has 6 nitrogen and oxygen atoms in total. The van der Waals surface area contributed by atoms with E-state index in [2.05, 4.69) is 14.8 Å². The number of sulfonamides is 1. The summed E-state index contributed by atoms with van der Waals surface area (Å²) in [6.07, 6.45) is 2.63. The lowest BCUT2D eigenvalue weighted by Gasteiger charge is -2.09. The molecule has 0 saturated carbocycles. The van der Waals surface area contributed by atoms with E-state index in [1.807, 2.05) is 0 Å². The lowest BCUT2D eigenvalue weighted by Crippen LogP contribution is -2.13. The van der Waals surface area contributed by atoms with E-state index in [0.29, 0.717) is 0 Å². The van der Waals surface area contributed by atoms with Crippen molar-refractivity contribution in [3.63, 3.8) is 0 Å². The molecule has 0 bridgehead atoms. The van der Waals surface area contributed by atoms with Crippen LogP contribution in [0.3, 0.4) is 0 Å². The summed E-state index contributed by atoms with van der Waals surface area (Å²) in [5.41, 5.74) is 6.83. The Balaban J connectivity index is 2.39. The fraction of sp³-hybridized carbons (Fsp3) is 0. The van der Waals surface area contributed by atoms with Crippen LogP contribution in [-0.2, 0) is 10.0 Å². The van der Waals surface area contributed by atoms with Gasteiger partial charge in [-0.05, 0) is 24.3 Å². The molecule has 2 aromatic rings. The summed E-state index contributed by atoms with van der Waals surface area (Å²) in [6, 6.07) is 6.10. The number of benzene rings is 1. The fourth-order valence-electron chi connectivity index (χ4n) is 1.39. The highest BCUT2D eigenvalue weighted by atomic mass is 32.2. The largest absolute Gasteiger partial charge is 0.277 e. The Kier molecular flexibility index (Phi) is 3.52. The maximum atomic E-state index is 13.0. The quantitative estimate of drug-likeness (QED) is 0.843. The molecular weight excluding hydrogens is 271 g/mol. The minimum absolute atomic E-state index is 0.0280. The summed E-state index contributed by atoms with van der Waals surface area (Å²) in [6.45, 7) is 0. The molecule has 0 atom stereocenters. The summed E-state index contributed by atoms with van der Waals surface area (Å²) in [5.74, 6) is -0.602. The van der Waals surface area contributed by atoms with Crippen molar-refractivity contribution in [1.82, 2.24) is 4.98 Å². The van der Waals surface area contributed by atoms with Crippen LogP contribution in [0.4, 0.5) is 15.8 Å². The van der Waals surface area contributed by atoms with Gasteiger partial charge in [-0.2, -0.15) is 5.11 Å². The van der Waals surface area contributed by atoms with E-state index in [1.54, 1.807) is 0 Å². The van der Waals surface area contributed by atoms with Crippen LogP contribution in [0.1, 0.15) is 0 Å².